The summed E-state index contributed by atoms with van der Waals surface area (Å²) in [5.41, 5.74) is 3.07. The minimum Gasteiger partial charge on any atom is -0.385 e. The summed E-state index contributed by atoms with van der Waals surface area (Å²) in [4.78, 5) is 0. The van der Waals surface area contributed by atoms with Gasteiger partial charge in [0.2, 0.25) is 0 Å². The van der Waals surface area contributed by atoms with Crippen LogP contribution in [0.1, 0.15) is 107 Å². The molecule has 34 heavy (non-hydrogen) atoms. The predicted molar refractivity (Wildman–Crippen MR) is 137 cm³/mol. The Balaban J connectivity index is 1.38. The summed E-state index contributed by atoms with van der Waals surface area (Å²) < 4.78 is 35.5. The SMILES string of the molecule is CCCC1CCC(c2ccc(-c3ccc(C4CCC(CCCOC)CC4)c(F)c3F)cc2)CC1. The second-order valence-corrected chi connectivity index (χ2v) is 10.8. The van der Waals surface area contributed by atoms with Crippen LogP contribution >= 0.6 is 0 Å². The van der Waals surface area contributed by atoms with Gasteiger partial charge in [-0.2, -0.15) is 0 Å². The first kappa shape index (κ1) is 25.4. The standard InChI is InChI=1S/C31H42F2O/c1-3-5-22-7-11-24(12-8-22)25-15-17-27(18-16-25)29-20-19-28(30(32)31(29)33)26-13-9-23(10-14-26)6-4-21-34-2/h15-20,22-24,26H,3-14,21H2,1-2H3. The van der Waals surface area contributed by atoms with E-state index >= 15 is 8.78 Å². The first-order chi connectivity index (χ1) is 16.6. The highest BCUT2D eigenvalue weighted by atomic mass is 19.2. The number of halogens is 2. The van der Waals surface area contributed by atoms with Crippen molar-refractivity contribution >= 4 is 0 Å². The summed E-state index contributed by atoms with van der Waals surface area (Å²) in [6.45, 7) is 3.08. The first-order valence-corrected chi connectivity index (χ1v) is 13.7. The summed E-state index contributed by atoms with van der Waals surface area (Å²) in [6.07, 6.45) is 14.1. The van der Waals surface area contributed by atoms with Crippen molar-refractivity contribution in [2.45, 2.75) is 95.8 Å². The number of rotatable bonds is 9. The fourth-order valence-corrected chi connectivity index (χ4v) is 6.51. The molecule has 0 amide bonds. The van der Waals surface area contributed by atoms with E-state index in [0.29, 0.717) is 23.0 Å². The minimum atomic E-state index is -0.687. The topological polar surface area (TPSA) is 9.23 Å². The molecule has 4 rings (SSSR count). The Morgan fingerprint density at radius 2 is 1.35 bits per heavy atom. The van der Waals surface area contributed by atoms with Crippen molar-refractivity contribution in [1.29, 1.82) is 0 Å². The van der Waals surface area contributed by atoms with E-state index in [9.17, 15) is 0 Å². The van der Waals surface area contributed by atoms with Gasteiger partial charge in [-0.15, -0.1) is 0 Å². The van der Waals surface area contributed by atoms with Crippen molar-refractivity contribution in [2.75, 3.05) is 13.7 Å². The van der Waals surface area contributed by atoms with E-state index in [1.54, 1.807) is 13.2 Å². The van der Waals surface area contributed by atoms with Crippen LogP contribution in [0.3, 0.4) is 0 Å². The van der Waals surface area contributed by atoms with Gasteiger partial charge in [0.25, 0.3) is 0 Å². The van der Waals surface area contributed by atoms with E-state index in [1.807, 2.05) is 18.2 Å². The summed E-state index contributed by atoms with van der Waals surface area (Å²) in [5, 5.41) is 0. The van der Waals surface area contributed by atoms with Crippen LogP contribution in [0.2, 0.25) is 0 Å². The van der Waals surface area contributed by atoms with Gasteiger partial charge in [0.1, 0.15) is 0 Å². The van der Waals surface area contributed by atoms with E-state index in [1.165, 1.54) is 50.5 Å². The average Bonchev–Trinajstić information content (AvgIpc) is 2.87. The van der Waals surface area contributed by atoms with E-state index in [2.05, 4.69) is 19.1 Å². The molecule has 186 valence electrons. The molecule has 0 aromatic heterocycles. The maximum atomic E-state index is 15.2. The Morgan fingerprint density at radius 3 is 1.97 bits per heavy atom. The molecule has 0 spiro atoms. The van der Waals surface area contributed by atoms with E-state index in [0.717, 1.165) is 50.2 Å². The van der Waals surface area contributed by atoms with Crippen molar-refractivity contribution < 1.29 is 13.5 Å². The molecule has 0 heterocycles. The molecule has 2 aromatic rings. The summed E-state index contributed by atoms with van der Waals surface area (Å²) >= 11 is 0. The Hall–Kier alpha value is -1.74. The normalized spacial score (nSPS) is 25.4. The average molecular weight is 469 g/mol. The monoisotopic (exact) mass is 468 g/mol. The predicted octanol–water partition coefficient (Wildman–Crippen LogP) is 9.41. The molecule has 2 saturated carbocycles. The van der Waals surface area contributed by atoms with Crippen molar-refractivity contribution in [2.24, 2.45) is 11.8 Å². The minimum absolute atomic E-state index is 0.132. The van der Waals surface area contributed by atoms with Crippen LogP contribution in [0.15, 0.2) is 36.4 Å². The highest BCUT2D eigenvalue weighted by molar-refractivity contribution is 5.65. The lowest BCUT2D eigenvalue weighted by atomic mass is 9.76. The van der Waals surface area contributed by atoms with Gasteiger partial charge in [-0.25, -0.2) is 8.78 Å². The fraction of sp³-hybridized carbons (Fsp3) is 0.613. The fourth-order valence-electron chi connectivity index (χ4n) is 6.51. The number of hydrogen-bond donors (Lipinski definition) is 0. The highest BCUT2D eigenvalue weighted by Crippen LogP contribution is 2.41. The third-order valence-electron chi connectivity index (χ3n) is 8.60. The van der Waals surface area contributed by atoms with Gasteiger partial charge in [-0.1, -0.05) is 56.2 Å². The van der Waals surface area contributed by atoms with Gasteiger partial charge >= 0.3 is 0 Å². The molecule has 0 radical (unpaired) electrons. The molecule has 1 nitrogen and oxygen atoms in total. The third-order valence-corrected chi connectivity index (χ3v) is 8.60. The summed E-state index contributed by atoms with van der Waals surface area (Å²) in [6, 6.07) is 11.9. The molecule has 2 aliphatic carbocycles. The lowest BCUT2D eigenvalue weighted by molar-refractivity contribution is 0.180. The Labute approximate surface area is 205 Å². The summed E-state index contributed by atoms with van der Waals surface area (Å²) in [7, 11) is 1.74. The van der Waals surface area contributed by atoms with Crippen molar-refractivity contribution in [1.82, 2.24) is 0 Å². The van der Waals surface area contributed by atoms with Crippen LogP contribution < -0.4 is 0 Å². The molecule has 0 unspecified atom stereocenters. The molecular weight excluding hydrogens is 426 g/mol. The van der Waals surface area contributed by atoms with E-state index in [-0.39, 0.29) is 5.92 Å². The highest BCUT2D eigenvalue weighted by Gasteiger charge is 2.27. The lowest BCUT2D eigenvalue weighted by Crippen LogP contribution is -2.15. The van der Waals surface area contributed by atoms with Crippen molar-refractivity contribution in [3.05, 3.63) is 59.2 Å². The number of methoxy groups -OCH3 is 1. The van der Waals surface area contributed by atoms with Crippen molar-refractivity contribution in [3.63, 3.8) is 0 Å². The Kier molecular flexibility index (Phi) is 9.17. The maximum absolute atomic E-state index is 15.2. The molecule has 2 fully saturated rings. The number of ether oxygens (including phenoxy) is 1. The van der Waals surface area contributed by atoms with Crippen LogP contribution in [-0.4, -0.2) is 13.7 Å². The van der Waals surface area contributed by atoms with Gasteiger partial charge in [-0.05, 0) is 105 Å². The van der Waals surface area contributed by atoms with E-state index in [4.69, 9.17) is 4.74 Å². The molecule has 0 bridgehead atoms. The van der Waals surface area contributed by atoms with Crippen molar-refractivity contribution in [3.8, 4) is 11.1 Å². The zero-order chi connectivity index (χ0) is 23.9. The molecule has 0 saturated heterocycles. The zero-order valence-corrected chi connectivity index (χ0v) is 21.1. The lowest BCUT2D eigenvalue weighted by Gasteiger charge is -2.29. The number of hydrogen-bond acceptors (Lipinski definition) is 1. The molecule has 2 aliphatic rings. The summed E-state index contributed by atoms with van der Waals surface area (Å²) in [5.74, 6) is 0.995. The van der Waals surface area contributed by atoms with Gasteiger partial charge < -0.3 is 4.74 Å². The molecule has 3 heteroatoms. The Morgan fingerprint density at radius 1 is 0.735 bits per heavy atom. The van der Waals surface area contributed by atoms with Crippen LogP contribution in [0.5, 0.6) is 0 Å². The molecule has 2 aromatic carbocycles. The molecular formula is C31H42F2O. The van der Waals surface area contributed by atoms with Gasteiger partial charge in [0.05, 0.1) is 0 Å². The van der Waals surface area contributed by atoms with Gasteiger partial charge in [0, 0.05) is 19.3 Å². The van der Waals surface area contributed by atoms with Crippen LogP contribution in [0.25, 0.3) is 11.1 Å². The second kappa shape index (κ2) is 12.3. The third kappa shape index (κ3) is 6.08. The van der Waals surface area contributed by atoms with Crippen LogP contribution in [-0.2, 0) is 4.74 Å². The maximum Gasteiger partial charge on any atom is 0.166 e. The molecule has 0 atom stereocenters. The molecule has 0 aliphatic heterocycles. The van der Waals surface area contributed by atoms with Crippen LogP contribution in [0.4, 0.5) is 8.78 Å². The van der Waals surface area contributed by atoms with Gasteiger partial charge in [-0.3, -0.25) is 0 Å². The number of benzene rings is 2. The van der Waals surface area contributed by atoms with Crippen LogP contribution in [0, 0.1) is 23.5 Å². The first-order valence-electron chi connectivity index (χ1n) is 13.7. The second-order valence-electron chi connectivity index (χ2n) is 10.8. The van der Waals surface area contributed by atoms with E-state index < -0.39 is 11.6 Å². The quantitative estimate of drug-likeness (QED) is 0.333. The van der Waals surface area contributed by atoms with Gasteiger partial charge in [0.15, 0.2) is 11.6 Å². The zero-order valence-electron chi connectivity index (χ0n) is 21.1. The molecule has 0 N–H and O–H groups in total. The Bertz CT molecular complexity index is 890. The smallest absolute Gasteiger partial charge is 0.166 e. The largest absolute Gasteiger partial charge is 0.385 e.